The molecule has 0 radical (unpaired) electrons. The Labute approximate surface area is 202 Å². The average molecular weight is 481 g/mol. The minimum absolute atomic E-state index is 0.0324. The van der Waals surface area contributed by atoms with Crippen LogP contribution in [0, 0.1) is 5.92 Å². The first-order valence-corrected chi connectivity index (χ1v) is 13.4. The first-order valence-electron chi connectivity index (χ1n) is 11.6. The van der Waals surface area contributed by atoms with Crippen molar-refractivity contribution in [2.45, 2.75) is 63.3 Å². The van der Waals surface area contributed by atoms with Gasteiger partial charge in [0.2, 0.25) is 11.8 Å². The molecular formula is C25H28N4O2S2. The van der Waals surface area contributed by atoms with Crippen LogP contribution >= 0.6 is 23.1 Å². The van der Waals surface area contributed by atoms with Crippen LogP contribution in [0.5, 0.6) is 0 Å². The monoisotopic (exact) mass is 480 g/mol. The topological polar surface area (TPSA) is 84.0 Å². The number of hydrogen-bond acceptors (Lipinski definition) is 6. The summed E-state index contributed by atoms with van der Waals surface area (Å²) >= 11 is 3.34. The summed E-state index contributed by atoms with van der Waals surface area (Å²) in [5.74, 6) is 2.34. The van der Waals surface area contributed by atoms with E-state index in [-0.39, 0.29) is 11.8 Å². The molecule has 8 heteroatoms. The minimum atomic E-state index is -0.0669. The van der Waals surface area contributed by atoms with Crippen molar-refractivity contribution in [3.8, 4) is 0 Å². The van der Waals surface area contributed by atoms with Gasteiger partial charge in [-0.25, -0.2) is 9.97 Å². The summed E-state index contributed by atoms with van der Waals surface area (Å²) in [5.41, 5.74) is 2.84. The highest BCUT2D eigenvalue weighted by atomic mass is 32.2. The highest BCUT2D eigenvalue weighted by Gasteiger charge is 2.30. The second kappa shape index (κ2) is 9.43. The van der Waals surface area contributed by atoms with Crippen molar-refractivity contribution < 1.29 is 9.59 Å². The molecule has 2 N–H and O–H groups in total. The number of thiophene rings is 1. The predicted octanol–water partition coefficient (Wildman–Crippen LogP) is 5.77. The van der Waals surface area contributed by atoms with E-state index >= 15 is 0 Å². The van der Waals surface area contributed by atoms with Crippen molar-refractivity contribution in [3.05, 3.63) is 40.5 Å². The van der Waals surface area contributed by atoms with E-state index in [1.54, 1.807) is 24.3 Å². The van der Waals surface area contributed by atoms with Gasteiger partial charge in [-0.2, -0.15) is 0 Å². The van der Waals surface area contributed by atoms with Crippen LogP contribution in [-0.2, 0) is 22.4 Å². The van der Waals surface area contributed by atoms with Crippen molar-refractivity contribution in [1.82, 2.24) is 9.97 Å². The number of anilines is 2. The zero-order valence-corrected chi connectivity index (χ0v) is 20.6. The molecule has 0 bridgehead atoms. The molecule has 3 aromatic rings. The van der Waals surface area contributed by atoms with Crippen LogP contribution in [0.2, 0.25) is 0 Å². The van der Waals surface area contributed by atoms with Gasteiger partial charge in [0.25, 0.3) is 0 Å². The second-order valence-corrected chi connectivity index (χ2v) is 11.1. The Hall–Kier alpha value is -2.45. The third-order valence-electron chi connectivity index (χ3n) is 6.20. The van der Waals surface area contributed by atoms with Gasteiger partial charge in [0.1, 0.15) is 15.7 Å². The fourth-order valence-electron chi connectivity index (χ4n) is 4.17. The van der Waals surface area contributed by atoms with E-state index in [4.69, 9.17) is 9.97 Å². The Morgan fingerprint density at radius 1 is 1.06 bits per heavy atom. The third kappa shape index (κ3) is 5.06. The zero-order valence-electron chi connectivity index (χ0n) is 18.9. The van der Waals surface area contributed by atoms with E-state index in [2.05, 4.69) is 17.6 Å². The molecule has 172 valence electrons. The van der Waals surface area contributed by atoms with Crippen LogP contribution in [-0.4, -0.2) is 27.5 Å². The lowest BCUT2D eigenvalue weighted by Gasteiger charge is -2.18. The predicted molar refractivity (Wildman–Crippen MR) is 135 cm³/mol. The van der Waals surface area contributed by atoms with Crippen molar-refractivity contribution in [3.63, 3.8) is 0 Å². The van der Waals surface area contributed by atoms with E-state index in [0.717, 1.165) is 47.1 Å². The highest BCUT2D eigenvalue weighted by molar-refractivity contribution is 8.00. The largest absolute Gasteiger partial charge is 0.326 e. The van der Waals surface area contributed by atoms with Crippen molar-refractivity contribution in [2.75, 3.05) is 16.4 Å². The van der Waals surface area contributed by atoms with Crippen LogP contribution in [0.3, 0.4) is 0 Å². The number of carbonyl (C=O) groups is 2. The Kier molecular flexibility index (Phi) is 6.38. The first-order chi connectivity index (χ1) is 16.0. The lowest BCUT2D eigenvalue weighted by Crippen LogP contribution is -2.14. The summed E-state index contributed by atoms with van der Waals surface area (Å²) in [6.45, 7) is 4.13. The number of benzene rings is 1. The van der Waals surface area contributed by atoms with Gasteiger partial charge in [0.15, 0.2) is 0 Å². The number of fused-ring (bicyclic) bond motifs is 3. The van der Waals surface area contributed by atoms with Gasteiger partial charge in [-0.15, -0.1) is 11.3 Å². The van der Waals surface area contributed by atoms with Gasteiger partial charge >= 0.3 is 0 Å². The quantitative estimate of drug-likeness (QED) is 0.331. The summed E-state index contributed by atoms with van der Waals surface area (Å²) in [6, 6.07) is 7.20. The van der Waals surface area contributed by atoms with Crippen LogP contribution in [0.1, 0.15) is 61.7 Å². The molecule has 0 aliphatic heterocycles. The number of thioether (sulfide) groups is 1. The molecule has 1 aromatic carbocycles. The van der Waals surface area contributed by atoms with E-state index in [9.17, 15) is 9.59 Å². The van der Waals surface area contributed by atoms with Gasteiger partial charge in [0, 0.05) is 34.0 Å². The molecule has 2 aliphatic rings. The van der Waals surface area contributed by atoms with Crippen molar-refractivity contribution in [2.24, 2.45) is 5.92 Å². The summed E-state index contributed by atoms with van der Waals surface area (Å²) < 4.78 is 0. The van der Waals surface area contributed by atoms with E-state index in [1.165, 1.54) is 34.0 Å². The van der Waals surface area contributed by atoms with Crippen LogP contribution in [0.25, 0.3) is 10.2 Å². The Morgan fingerprint density at radius 2 is 1.76 bits per heavy atom. The molecule has 0 spiro atoms. The van der Waals surface area contributed by atoms with Gasteiger partial charge in [-0.1, -0.05) is 25.6 Å². The van der Waals surface area contributed by atoms with Crippen molar-refractivity contribution in [1.29, 1.82) is 0 Å². The van der Waals surface area contributed by atoms with E-state index < -0.39 is 0 Å². The fourth-order valence-corrected chi connectivity index (χ4v) is 6.49. The smallest absolute Gasteiger partial charge is 0.234 e. The van der Waals surface area contributed by atoms with Crippen molar-refractivity contribution >= 4 is 56.5 Å². The maximum Gasteiger partial charge on any atom is 0.234 e. The molecule has 1 atom stereocenters. The van der Waals surface area contributed by atoms with Gasteiger partial charge in [-0.3, -0.25) is 9.59 Å². The van der Waals surface area contributed by atoms with E-state index in [1.807, 2.05) is 18.3 Å². The molecule has 1 saturated carbocycles. The number of nitrogens with zero attached hydrogens (tertiary/aromatic N) is 2. The number of aromatic nitrogens is 2. The third-order valence-corrected chi connectivity index (χ3v) is 8.32. The molecule has 1 unspecified atom stereocenters. The van der Waals surface area contributed by atoms with Crippen LogP contribution in [0.15, 0.2) is 29.3 Å². The molecule has 2 heterocycles. The first kappa shape index (κ1) is 22.3. The second-order valence-electron chi connectivity index (χ2n) is 9.01. The van der Waals surface area contributed by atoms with Crippen LogP contribution in [0.4, 0.5) is 11.4 Å². The number of carbonyl (C=O) groups excluding carboxylic acids is 2. The minimum Gasteiger partial charge on any atom is -0.326 e. The Bertz CT molecular complexity index is 1200. The Balaban J connectivity index is 1.30. The SMILES string of the molecule is CCC(=O)Nc1ccc(NC(=O)CSc2nc(C3CC3)nc3sc4c(c23)CCC(C)C4)cc1. The normalized spacial score (nSPS) is 17.6. The summed E-state index contributed by atoms with van der Waals surface area (Å²) in [7, 11) is 0. The van der Waals surface area contributed by atoms with Gasteiger partial charge < -0.3 is 10.6 Å². The molecule has 5 rings (SSSR count). The lowest BCUT2D eigenvalue weighted by atomic mass is 9.89. The molecule has 2 aromatic heterocycles. The molecule has 6 nitrogen and oxygen atoms in total. The molecular weight excluding hydrogens is 452 g/mol. The molecule has 0 saturated heterocycles. The van der Waals surface area contributed by atoms with E-state index in [0.29, 0.717) is 29.7 Å². The summed E-state index contributed by atoms with van der Waals surface area (Å²) in [5, 5.41) is 7.91. The van der Waals surface area contributed by atoms with Crippen LogP contribution < -0.4 is 10.6 Å². The molecule has 2 aliphatic carbocycles. The standard InChI is InChI=1S/C25H28N4O2S2/c1-3-20(30)26-16-7-9-17(10-8-16)27-21(31)13-32-24-22-18-11-4-14(2)12-19(18)33-25(22)29-23(28-24)15-5-6-15/h7-10,14-15H,3-6,11-13H2,1-2H3,(H,26,30)(H,27,31). The Morgan fingerprint density at radius 3 is 2.42 bits per heavy atom. The maximum absolute atomic E-state index is 12.7. The maximum atomic E-state index is 12.7. The molecule has 1 fully saturated rings. The number of hydrogen-bond donors (Lipinski definition) is 2. The zero-order chi connectivity index (χ0) is 22.9. The average Bonchev–Trinajstić information content (AvgIpc) is 3.59. The number of rotatable bonds is 7. The van der Waals surface area contributed by atoms with Gasteiger partial charge in [0.05, 0.1) is 5.75 Å². The molecule has 33 heavy (non-hydrogen) atoms. The highest BCUT2D eigenvalue weighted by Crippen LogP contribution is 2.44. The number of nitrogens with one attached hydrogen (secondary N) is 2. The number of amides is 2. The molecule has 2 amide bonds. The summed E-state index contributed by atoms with van der Waals surface area (Å²) in [4.78, 5) is 36.6. The number of aryl methyl sites for hydroxylation is 1. The van der Waals surface area contributed by atoms with Gasteiger partial charge in [-0.05, 0) is 67.9 Å². The fraction of sp³-hybridized carbons (Fsp3) is 0.440. The lowest BCUT2D eigenvalue weighted by molar-refractivity contribution is -0.116. The summed E-state index contributed by atoms with van der Waals surface area (Å²) in [6.07, 6.45) is 6.14.